The lowest BCUT2D eigenvalue weighted by Gasteiger charge is -2.20. The van der Waals surface area contributed by atoms with Gasteiger partial charge in [0.1, 0.15) is 5.75 Å². The van der Waals surface area contributed by atoms with Crippen LogP contribution in [0.1, 0.15) is 20.8 Å². The van der Waals surface area contributed by atoms with Gasteiger partial charge in [-0.3, -0.25) is 4.79 Å². The topological polar surface area (TPSA) is 64.3 Å². The van der Waals surface area contributed by atoms with Crippen molar-refractivity contribution in [3.63, 3.8) is 0 Å². The van der Waals surface area contributed by atoms with Crippen LogP contribution >= 0.6 is 11.8 Å². The van der Waals surface area contributed by atoms with Crippen LogP contribution in [0.25, 0.3) is 0 Å². The third-order valence-corrected chi connectivity index (χ3v) is 3.57. The Labute approximate surface area is 119 Å². The quantitative estimate of drug-likeness (QED) is 0.784. The number of nitrogens with one attached hydrogen (secondary N) is 1. The molecule has 0 aromatic heterocycles. The van der Waals surface area contributed by atoms with Gasteiger partial charge in [0, 0.05) is 17.0 Å². The van der Waals surface area contributed by atoms with Crippen molar-refractivity contribution in [2.24, 2.45) is 5.73 Å². The number of ether oxygens (including phenoxy) is 1. The van der Waals surface area contributed by atoms with Crippen molar-refractivity contribution in [3.05, 3.63) is 24.3 Å². The molecule has 1 unspecified atom stereocenters. The molecule has 5 heteroatoms. The molecule has 4 nitrogen and oxygen atoms in total. The average molecular weight is 282 g/mol. The molecule has 1 aromatic rings. The Morgan fingerprint density at radius 2 is 2.00 bits per heavy atom. The van der Waals surface area contributed by atoms with Gasteiger partial charge in [-0.1, -0.05) is 0 Å². The number of carbonyl (C=O) groups excluding carboxylic acids is 1. The zero-order valence-electron chi connectivity index (χ0n) is 11.9. The third-order valence-electron chi connectivity index (χ3n) is 2.46. The number of nitrogens with two attached hydrogens (primary N) is 1. The fourth-order valence-corrected chi connectivity index (χ4v) is 2.26. The van der Waals surface area contributed by atoms with E-state index in [1.807, 2.05) is 45.0 Å². The molecule has 19 heavy (non-hydrogen) atoms. The lowest BCUT2D eigenvalue weighted by molar-refractivity contribution is -0.120. The van der Waals surface area contributed by atoms with Crippen LogP contribution in [0.3, 0.4) is 0 Å². The van der Waals surface area contributed by atoms with E-state index in [-0.39, 0.29) is 16.7 Å². The first-order chi connectivity index (χ1) is 8.81. The fraction of sp³-hybridized carbons (Fsp3) is 0.500. The summed E-state index contributed by atoms with van der Waals surface area (Å²) in [7, 11) is 1.63. The zero-order chi connectivity index (χ0) is 14.5. The normalized spacial score (nSPS) is 12.9. The summed E-state index contributed by atoms with van der Waals surface area (Å²) < 4.78 is 5.10. The van der Waals surface area contributed by atoms with Gasteiger partial charge in [-0.15, -0.1) is 11.8 Å². The maximum atomic E-state index is 11.9. The molecule has 106 valence electrons. The molecule has 0 heterocycles. The van der Waals surface area contributed by atoms with E-state index < -0.39 is 0 Å². The second-order valence-corrected chi connectivity index (χ2v) is 6.56. The summed E-state index contributed by atoms with van der Waals surface area (Å²) >= 11 is 1.51. The smallest absolute Gasteiger partial charge is 0.233 e. The molecule has 0 radical (unpaired) electrons. The van der Waals surface area contributed by atoms with Crippen LogP contribution in [-0.2, 0) is 4.79 Å². The molecule has 0 saturated heterocycles. The second kappa shape index (κ2) is 6.82. The molecule has 1 amide bonds. The first-order valence-electron chi connectivity index (χ1n) is 6.19. The van der Waals surface area contributed by atoms with Crippen molar-refractivity contribution < 1.29 is 9.53 Å². The lowest BCUT2D eigenvalue weighted by atomic mass is 10.1. The van der Waals surface area contributed by atoms with Gasteiger partial charge in [-0.25, -0.2) is 0 Å². The molecule has 0 fully saturated rings. The average Bonchev–Trinajstić information content (AvgIpc) is 2.36. The first-order valence-corrected chi connectivity index (χ1v) is 7.07. The molecular formula is C14H22N2O2S. The SMILES string of the molecule is COc1ccc(SC(C)C(=O)NCC(C)(C)N)cc1. The number of hydrogen-bond donors (Lipinski definition) is 2. The van der Waals surface area contributed by atoms with Gasteiger partial charge in [0.25, 0.3) is 0 Å². The van der Waals surface area contributed by atoms with Crippen LogP contribution in [-0.4, -0.2) is 30.4 Å². The number of rotatable bonds is 6. The van der Waals surface area contributed by atoms with E-state index >= 15 is 0 Å². The zero-order valence-corrected chi connectivity index (χ0v) is 12.7. The van der Waals surface area contributed by atoms with Crippen LogP contribution in [0.4, 0.5) is 0 Å². The number of amides is 1. The minimum atomic E-state index is -0.389. The van der Waals surface area contributed by atoms with Crippen molar-refractivity contribution in [2.45, 2.75) is 36.5 Å². The minimum Gasteiger partial charge on any atom is -0.497 e. The number of carbonyl (C=O) groups is 1. The van der Waals surface area contributed by atoms with Crippen molar-refractivity contribution >= 4 is 17.7 Å². The van der Waals surface area contributed by atoms with Crippen molar-refractivity contribution in [1.29, 1.82) is 0 Å². The van der Waals surface area contributed by atoms with Gasteiger partial charge in [0.15, 0.2) is 0 Å². The Balaban J connectivity index is 2.49. The van der Waals surface area contributed by atoms with E-state index in [2.05, 4.69) is 5.32 Å². The summed E-state index contributed by atoms with van der Waals surface area (Å²) in [6.07, 6.45) is 0. The van der Waals surface area contributed by atoms with Gasteiger partial charge >= 0.3 is 0 Å². The van der Waals surface area contributed by atoms with Crippen LogP contribution < -0.4 is 15.8 Å². The summed E-state index contributed by atoms with van der Waals surface area (Å²) in [6.45, 7) is 6.12. The van der Waals surface area contributed by atoms with Gasteiger partial charge in [0.05, 0.1) is 12.4 Å². The van der Waals surface area contributed by atoms with E-state index in [0.29, 0.717) is 6.54 Å². The van der Waals surface area contributed by atoms with Gasteiger partial charge in [-0.05, 0) is 45.0 Å². The highest BCUT2D eigenvalue weighted by atomic mass is 32.2. The number of benzene rings is 1. The minimum absolute atomic E-state index is 0.000608. The molecule has 1 atom stereocenters. The Morgan fingerprint density at radius 3 is 2.47 bits per heavy atom. The van der Waals surface area contributed by atoms with E-state index in [1.165, 1.54) is 11.8 Å². The highest BCUT2D eigenvalue weighted by Gasteiger charge is 2.17. The summed E-state index contributed by atoms with van der Waals surface area (Å²) in [5, 5.41) is 2.70. The van der Waals surface area contributed by atoms with Crippen molar-refractivity contribution in [2.75, 3.05) is 13.7 Å². The third kappa shape index (κ3) is 5.98. The summed E-state index contributed by atoms with van der Waals surface area (Å²) in [5.41, 5.74) is 5.44. The number of methoxy groups -OCH3 is 1. The molecule has 1 aromatic carbocycles. The standard InChI is InChI=1S/C14H22N2O2S/c1-10(13(17)16-9-14(2,3)15)19-12-7-5-11(18-4)6-8-12/h5-8,10H,9,15H2,1-4H3,(H,16,17). The molecule has 3 N–H and O–H groups in total. The van der Waals surface area contributed by atoms with E-state index in [4.69, 9.17) is 10.5 Å². The molecule has 1 rings (SSSR count). The Hall–Kier alpha value is -1.20. The predicted octanol–water partition coefficient (Wildman–Crippen LogP) is 2.03. The van der Waals surface area contributed by atoms with E-state index in [0.717, 1.165) is 10.6 Å². The number of thioether (sulfide) groups is 1. The maximum absolute atomic E-state index is 11.9. The Morgan fingerprint density at radius 1 is 1.42 bits per heavy atom. The Bertz CT molecular complexity index is 412. The van der Waals surface area contributed by atoms with Gasteiger partial charge in [0.2, 0.25) is 5.91 Å². The van der Waals surface area contributed by atoms with Crippen molar-refractivity contribution in [3.8, 4) is 5.75 Å². The largest absolute Gasteiger partial charge is 0.497 e. The van der Waals surface area contributed by atoms with E-state index in [9.17, 15) is 4.79 Å². The summed E-state index contributed by atoms with van der Waals surface area (Å²) in [4.78, 5) is 12.9. The van der Waals surface area contributed by atoms with Crippen LogP contribution in [0.5, 0.6) is 5.75 Å². The predicted molar refractivity (Wildman–Crippen MR) is 79.6 cm³/mol. The van der Waals surface area contributed by atoms with Gasteiger partial charge < -0.3 is 15.8 Å². The lowest BCUT2D eigenvalue weighted by Crippen LogP contribution is -2.46. The summed E-state index contributed by atoms with van der Waals surface area (Å²) in [6, 6.07) is 7.66. The maximum Gasteiger partial charge on any atom is 0.233 e. The van der Waals surface area contributed by atoms with Crippen LogP contribution in [0, 0.1) is 0 Å². The molecule has 0 saturated carbocycles. The monoisotopic (exact) mass is 282 g/mol. The van der Waals surface area contributed by atoms with Gasteiger partial charge in [-0.2, -0.15) is 0 Å². The second-order valence-electron chi connectivity index (χ2n) is 5.14. The molecular weight excluding hydrogens is 260 g/mol. The highest BCUT2D eigenvalue weighted by Crippen LogP contribution is 2.25. The Kier molecular flexibility index (Phi) is 5.69. The van der Waals surface area contributed by atoms with Crippen LogP contribution in [0.2, 0.25) is 0 Å². The molecule has 0 aliphatic carbocycles. The summed E-state index contributed by atoms with van der Waals surface area (Å²) in [5.74, 6) is 0.811. The highest BCUT2D eigenvalue weighted by molar-refractivity contribution is 8.00. The van der Waals surface area contributed by atoms with E-state index in [1.54, 1.807) is 7.11 Å². The van der Waals surface area contributed by atoms with Crippen LogP contribution in [0.15, 0.2) is 29.2 Å². The molecule has 0 aliphatic rings. The molecule has 0 aliphatic heterocycles. The first kappa shape index (κ1) is 15.9. The fourth-order valence-electron chi connectivity index (χ4n) is 1.37. The molecule has 0 bridgehead atoms. The van der Waals surface area contributed by atoms with Crippen molar-refractivity contribution in [1.82, 2.24) is 5.32 Å². The number of hydrogen-bond acceptors (Lipinski definition) is 4. The molecule has 0 spiro atoms.